The molecule has 2 amide bonds. The van der Waals surface area contributed by atoms with Crippen molar-refractivity contribution in [2.45, 2.75) is 56.1 Å². The normalized spacial score (nSPS) is 17.7. The molecule has 0 unspecified atom stereocenters. The summed E-state index contributed by atoms with van der Waals surface area (Å²) >= 11 is 1.84. The Morgan fingerprint density at radius 3 is 2.41 bits per heavy atom. The molecule has 5 nitrogen and oxygen atoms in total. The summed E-state index contributed by atoms with van der Waals surface area (Å²) in [4.78, 5) is 21.1. The van der Waals surface area contributed by atoms with Crippen LogP contribution < -0.4 is 5.32 Å². The van der Waals surface area contributed by atoms with E-state index < -0.39 is 0 Å². The molecule has 3 rings (SSSR count). The second-order valence-electron chi connectivity index (χ2n) is 8.79. The van der Waals surface area contributed by atoms with E-state index in [4.69, 9.17) is 0 Å². The van der Waals surface area contributed by atoms with E-state index in [9.17, 15) is 4.79 Å². The number of hydrogen-bond acceptors (Lipinski definition) is 4. The molecule has 2 aliphatic heterocycles. The van der Waals surface area contributed by atoms with E-state index in [0.717, 1.165) is 32.5 Å². The third kappa shape index (κ3) is 8.54. The molecule has 2 fully saturated rings. The number of hydrogen-bond donors (Lipinski definition) is 1. The number of amides is 2. The molecule has 1 aromatic carbocycles. The standard InChI is InChI=1S/C25H38N4OS.C3H4/c1-4-14-26-25(30)29(15-5-2)23-12-18-28(19-13-23)22-10-16-27(17-11-22)20-21-8-6-7-9-24(21)31-3;1-3-2/h4-9,22-23H,1-2,10-20H2,3H3,(H,26,30);1H,2H3. The highest BCUT2D eigenvalue weighted by Crippen LogP contribution is 2.26. The zero-order valence-corrected chi connectivity index (χ0v) is 21.9. The molecule has 1 N–H and O–H groups in total. The van der Waals surface area contributed by atoms with Crippen LogP contribution in [0, 0.1) is 12.3 Å². The lowest BCUT2D eigenvalue weighted by atomic mass is 9.97. The summed E-state index contributed by atoms with van der Waals surface area (Å²) < 4.78 is 0. The highest BCUT2D eigenvalue weighted by molar-refractivity contribution is 7.98. The van der Waals surface area contributed by atoms with Crippen molar-refractivity contribution < 1.29 is 4.79 Å². The van der Waals surface area contributed by atoms with Crippen molar-refractivity contribution in [3.8, 4) is 12.3 Å². The van der Waals surface area contributed by atoms with E-state index in [2.05, 4.69) is 71.1 Å². The smallest absolute Gasteiger partial charge is 0.318 e. The van der Waals surface area contributed by atoms with Crippen molar-refractivity contribution in [2.75, 3.05) is 45.5 Å². The van der Waals surface area contributed by atoms with E-state index in [1.165, 1.54) is 36.4 Å². The SMILES string of the molecule is C#CC.C=CCNC(=O)N(CC=C)C1CCN(C2CCN(Cc3ccccc3SC)CC2)CC1. The number of piperidine rings is 2. The summed E-state index contributed by atoms with van der Waals surface area (Å²) in [5.41, 5.74) is 1.45. The lowest BCUT2D eigenvalue weighted by molar-refractivity contribution is 0.0637. The van der Waals surface area contributed by atoms with Gasteiger partial charge in [0.05, 0.1) is 0 Å². The molecule has 6 heteroatoms. The Morgan fingerprint density at radius 2 is 1.82 bits per heavy atom. The van der Waals surface area contributed by atoms with Gasteiger partial charge < -0.3 is 15.1 Å². The third-order valence-corrected chi connectivity index (χ3v) is 7.42. The quantitative estimate of drug-likeness (QED) is 0.310. The van der Waals surface area contributed by atoms with Gasteiger partial charge in [0.25, 0.3) is 0 Å². The number of carbonyl (C=O) groups excluding carboxylic acids is 1. The number of nitrogens with zero attached hydrogens (tertiary/aromatic N) is 3. The van der Waals surface area contributed by atoms with Gasteiger partial charge in [0, 0.05) is 49.7 Å². The van der Waals surface area contributed by atoms with E-state index in [-0.39, 0.29) is 6.03 Å². The maximum absolute atomic E-state index is 12.5. The lowest BCUT2D eigenvalue weighted by Crippen LogP contribution is -2.53. The Balaban J connectivity index is 0.00000129. The summed E-state index contributed by atoms with van der Waals surface area (Å²) in [6.07, 6.45) is 14.9. The van der Waals surface area contributed by atoms with Crippen LogP contribution in [0.5, 0.6) is 0 Å². The van der Waals surface area contributed by atoms with Crippen molar-refractivity contribution in [2.24, 2.45) is 0 Å². The van der Waals surface area contributed by atoms with Crippen LogP contribution in [0.25, 0.3) is 0 Å². The van der Waals surface area contributed by atoms with Gasteiger partial charge in [0.15, 0.2) is 0 Å². The predicted octanol–water partition coefficient (Wildman–Crippen LogP) is 4.86. The minimum Gasteiger partial charge on any atom is -0.335 e. The van der Waals surface area contributed by atoms with Crippen LogP contribution in [-0.4, -0.2) is 78.3 Å². The van der Waals surface area contributed by atoms with E-state index in [1.807, 2.05) is 22.7 Å². The Bertz CT molecular complexity index is 805. The summed E-state index contributed by atoms with van der Waals surface area (Å²) in [6.45, 7) is 15.8. The minimum atomic E-state index is -0.00270. The van der Waals surface area contributed by atoms with Gasteiger partial charge in [-0.3, -0.25) is 4.90 Å². The third-order valence-electron chi connectivity index (χ3n) is 6.58. The topological polar surface area (TPSA) is 38.8 Å². The van der Waals surface area contributed by atoms with Crippen LogP contribution in [0.15, 0.2) is 54.5 Å². The Hall–Kier alpha value is -2.20. The van der Waals surface area contributed by atoms with Gasteiger partial charge >= 0.3 is 6.03 Å². The molecule has 2 heterocycles. The predicted molar refractivity (Wildman–Crippen MR) is 146 cm³/mol. The maximum atomic E-state index is 12.5. The lowest BCUT2D eigenvalue weighted by Gasteiger charge is -2.44. The fourth-order valence-corrected chi connectivity index (χ4v) is 5.49. The molecular formula is C28H42N4OS. The first-order valence-corrected chi connectivity index (χ1v) is 13.5. The molecule has 0 aliphatic carbocycles. The molecule has 0 radical (unpaired) electrons. The number of rotatable bonds is 9. The van der Waals surface area contributed by atoms with E-state index in [0.29, 0.717) is 25.2 Å². The van der Waals surface area contributed by atoms with Crippen LogP contribution in [-0.2, 0) is 6.54 Å². The monoisotopic (exact) mass is 482 g/mol. The van der Waals surface area contributed by atoms with Gasteiger partial charge in [-0.05, 0) is 63.6 Å². The van der Waals surface area contributed by atoms with Crippen molar-refractivity contribution in [1.82, 2.24) is 20.0 Å². The summed E-state index contributed by atoms with van der Waals surface area (Å²) in [5.74, 6) is 2.25. The first-order chi connectivity index (χ1) is 16.6. The number of thioether (sulfide) groups is 1. The van der Waals surface area contributed by atoms with Gasteiger partial charge in [-0.1, -0.05) is 30.4 Å². The Kier molecular flexibility index (Phi) is 12.9. The molecule has 0 spiro atoms. The molecule has 1 aromatic rings. The average molecular weight is 483 g/mol. The number of urea groups is 1. The molecule has 186 valence electrons. The van der Waals surface area contributed by atoms with Crippen molar-refractivity contribution in [3.05, 3.63) is 55.1 Å². The Morgan fingerprint density at radius 1 is 1.18 bits per heavy atom. The highest BCUT2D eigenvalue weighted by Gasteiger charge is 2.31. The average Bonchev–Trinajstić information content (AvgIpc) is 2.87. The number of terminal acetylenes is 1. The maximum Gasteiger partial charge on any atom is 0.318 e. The van der Waals surface area contributed by atoms with Crippen LogP contribution in [0.3, 0.4) is 0 Å². The first kappa shape index (κ1) is 28.0. The highest BCUT2D eigenvalue weighted by atomic mass is 32.2. The number of carbonyl (C=O) groups is 1. The fraction of sp³-hybridized carbons (Fsp3) is 0.536. The minimum absolute atomic E-state index is 0.00270. The number of nitrogens with one attached hydrogen (secondary N) is 1. The van der Waals surface area contributed by atoms with Gasteiger partial charge in [-0.15, -0.1) is 37.3 Å². The fourth-order valence-electron chi connectivity index (χ4n) is 4.88. The molecule has 2 aliphatic rings. The van der Waals surface area contributed by atoms with Gasteiger partial charge in [0.1, 0.15) is 0 Å². The molecule has 0 saturated carbocycles. The van der Waals surface area contributed by atoms with E-state index >= 15 is 0 Å². The van der Waals surface area contributed by atoms with E-state index in [1.54, 1.807) is 13.0 Å². The summed E-state index contributed by atoms with van der Waals surface area (Å²) in [6, 6.07) is 9.74. The zero-order chi connectivity index (χ0) is 24.8. The number of likely N-dealkylation sites (tertiary alicyclic amines) is 2. The van der Waals surface area contributed by atoms with Crippen LogP contribution >= 0.6 is 11.8 Å². The zero-order valence-electron chi connectivity index (χ0n) is 21.0. The Labute approximate surface area is 211 Å². The molecule has 34 heavy (non-hydrogen) atoms. The largest absolute Gasteiger partial charge is 0.335 e. The second-order valence-corrected chi connectivity index (χ2v) is 9.64. The van der Waals surface area contributed by atoms with Crippen molar-refractivity contribution in [1.29, 1.82) is 0 Å². The van der Waals surface area contributed by atoms with Crippen LogP contribution in [0.1, 0.15) is 38.2 Å². The molecule has 0 atom stereocenters. The molecule has 0 bridgehead atoms. The second kappa shape index (κ2) is 15.7. The van der Waals surface area contributed by atoms with Gasteiger partial charge in [-0.2, -0.15) is 0 Å². The molecule has 0 aromatic heterocycles. The number of benzene rings is 1. The molecule has 2 saturated heterocycles. The van der Waals surface area contributed by atoms with Crippen molar-refractivity contribution >= 4 is 17.8 Å². The molecular weight excluding hydrogens is 440 g/mol. The van der Waals surface area contributed by atoms with Gasteiger partial charge in [0.2, 0.25) is 0 Å². The van der Waals surface area contributed by atoms with Crippen LogP contribution in [0.4, 0.5) is 4.79 Å². The first-order valence-electron chi connectivity index (χ1n) is 12.3. The van der Waals surface area contributed by atoms with Crippen LogP contribution in [0.2, 0.25) is 0 Å². The summed E-state index contributed by atoms with van der Waals surface area (Å²) in [5, 5.41) is 2.92. The van der Waals surface area contributed by atoms with Gasteiger partial charge in [-0.25, -0.2) is 4.79 Å². The van der Waals surface area contributed by atoms with Crippen molar-refractivity contribution in [3.63, 3.8) is 0 Å². The summed E-state index contributed by atoms with van der Waals surface area (Å²) in [7, 11) is 0.